The van der Waals surface area contributed by atoms with Gasteiger partial charge in [0.2, 0.25) is 0 Å². The Morgan fingerprint density at radius 1 is 1.26 bits per heavy atom. The van der Waals surface area contributed by atoms with Crippen LogP contribution in [0, 0.1) is 22.7 Å². The van der Waals surface area contributed by atoms with Crippen molar-refractivity contribution in [2.24, 2.45) is 22.7 Å². The van der Waals surface area contributed by atoms with Crippen molar-refractivity contribution in [1.82, 2.24) is 0 Å². The number of allylic oxidation sites excluding steroid dienone is 1. The molecule has 6 atom stereocenters. The third kappa shape index (κ3) is 1.79. The second-order valence-electron chi connectivity index (χ2n) is 8.44. The molecule has 3 aliphatic rings. The largest absolute Gasteiger partial charge is 0.508 e. The third-order valence-corrected chi connectivity index (χ3v) is 7.70. The highest BCUT2D eigenvalue weighted by atomic mass is 16.3. The first-order chi connectivity index (χ1) is 10.9. The van der Waals surface area contributed by atoms with Gasteiger partial charge in [0.25, 0.3) is 0 Å². The number of aliphatic hydroxyl groups excluding tert-OH is 1. The van der Waals surface area contributed by atoms with Crippen LogP contribution in [0.2, 0.25) is 0 Å². The molecule has 2 heteroatoms. The zero-order valence-electron chi connectivity index (χ0n) is 14.3. The van der Waals surface area contributed by atoms with E-state index in [4.69, 9.17) is 0 Å². The molecule has 2 fully saturated rings. The summed E-state index contributed by atoms with van der Waals surface area (Å²) in [7, 11) is 0. The second kappa shape index (κ2) is 4.86. The highest BCUT2D eigenvalue weighted by Gasteiger charge is 2.62. The molecular weight excluding hydrogens is 284 g/mol. The Bertz CT molecular complexity index is 651. The molecule has 23 heavy (non-hydrogen) atoms. The van der Waals surface area contributed by atoms with E-state index in [0.29, 0.717) is 23.5 Å². The summed E-state index contributed by atoms with van der Waals surface area (Å²) in [6.07, 6.45) is 7.30. The number of hydrogen-bond donors (Lipinski definition) is 2. The van der Waals surface area contributed by atoms with Crippen molar-refractivity contribution < 1.29 is 10.2 Å². The number of hydrogen-bond acceptors (Lipinski definition) is 2. The maximum Gasteiger partial charge on any atom is 0.115 e. The van der Waals surface area contributed by atoms with Crippen LogP contribution in [-0.4, -0.2) is 16.3 Å². The van der Waals surface area contributed by atoms with Crippen LogP contribution < -0.4 is 0 Å². The molecule has 3 aliphatic carbocycles. The van der Waals surface area contributed by atoms with E-state index in [2.05, 4.69) is 32.6 Å². The predicted octanol–water partition coefficient (Wildman–Crippen LogP) is 4.41. The first-order valence-corrected chi connectivity index (χ1v) is 9.07. The average Bonchev–Trinajstić information content (AvgIpc) is 2.83. The fourth-order valence-corrected chi connectivity index (χ4v) is 6.54. The van der Waals surface area contributed by atoms with E-state index in [1.165, 1.54) is 11.1 Å². The average molecular weight is 312 g/mol. The zero-order valence-corrected chi connectivity index (χ0v) is 14.3. The molecule has 124 valence electrons. The van der Waals surface area contributed by atoms with Gasteiger partial charge in [-0.2, -0.15) is 0 Å². The lowest BCUT2D eigenvalue weighted by Gasteiger charge is -2.60. The minimum atomic E-state index is -0.168. The van der Waals surface area contributed by atoms with E-state index >= 15 is 0 Å². The minimum Gasteiger partial charge on any atom is -0.508 e. The molecule has 1 aromatic rings. The van der Waals surface area contributed by atoms with E-state index in [1.807, 2.05) is 12.1 Å². The van der Waals surface area contributed by atoms with Gasteiger partial charge in [0.15, 0.2) is 0 Å². The maximum absolute atomic E-state index is 10.6. The lowest BCUT2D eigenvalue weighted by Crippen LogP contribution is -2.54. The number of phenolic OH excluding ortho intramolecular Hbond substituents is 1. The van der Waals surface area contributed by atoms with Crippen molar-refractivity contribution in [3.05, 3.63) is 42.0 Å². The molecule has 2 nitrogen and oxygen atoms in total. The van der Waals surface area contributed by atoms with Gasteiger partial charge in [-0.15, -0.1) is 6.58 Å². The Morgan fingerprint density at radius 2 is 2.04 bits per heavy atom. The van der Waals surface area contributed by atoms with Gasteiger partial charge in [-0.3, -0.25) is 0 Å². The summed E-state index contributed by atoms with van der Waals surface area (Å²) in [5.74, 6) is 1.86. The molecule has 0 amide bonds. The first-order valence-electron chi connectivity index (χ1n) is 9.07. The predicted molar refractivity (Wildman–Crippen MR) is 92.4 cm³/mol. The fraction of sp³-hybridized carbons (Fsp3) is 0.619. The summed E-state index contributed by atoms with van der Waals surface area (Å²) in [6.45, 7) is 8.93. The zero-order chi connectivity index (χ0) is 16.4. The normalized spacial score (nSPS) is 45.0. The molecule has 2 N–H and O–H groups in total. The van der Waals surface area contributed by atoms with E-state index in [0.717, 1.165) is 32.1 Å². The Morgan fingerprint density at radius 3 is 2.78 bits per heavy atom. The molecular formula is C21H28O2. The van der Waals surface area contributed by atoms with Crippen LogP contribution in [0.15, 0.2) is 30.9 Å². The lowest BCUT2D eigenvalue weighted by atomic mass is 9.44. The molecule has 0 bridgehead atoms. The van der Waals surface area contributed by atoms with Crippen molar-refractivity contribution in [2.75, 3.05) is 0 Å². The molecule has 4 rings (SSSR count). The number of aromatic hydroxyl groups is 1. The van der Waals surface area contributed by atoms with Crippen molar-refractivity contribution in [3.63, 3.8) is 0 Å². The van der Waals surface area contributed by atoms with Crippen LogP contribution in [0.25, 0.3) is 0 Å². The van der Waals surface area contributed by atoms with Crippen LogP contribution in [0.4, 0.5) is 0 Å². The first kappa shape index (κ1) is 15.3. The monoisotopic (exact) mass is 312 g/mol. The van der Waals surface area contributed by atoms with Crippen LogP contribution >= 0.6 is 0 Å². The van der Waals surface area contributed by atoms with Gasteiger partial charge in [-0.05, 0) is 78.5 Å². The van der Waals surface area contributed by atoms with E-state index < -0.39 is 0 Å². The highest BCUT2D eigenvalue weighted by Crippen LogP contribution is 2.68. The molecule has 0 aliphatic heterocycles. The number of fused-ring (bicyclic) bond motifs is 5. The Kier molecular flexibility index (Phi) is 3.22. The van der Waals surface area contributed by atoms with Crippen LogP contribution in [0.1, 0.15) is 56.6 Å². The lowest BCUT2D eigenvalue weighted by molar-refractivity contribution is -0.0722. The van der Waals surface area contributed by atoms with Gasteiger partial charge in [-0.25, -0.2) is 0 Å². The van der Waals surface area contributed by atoms with Crippen LogP contribution in [-0.2, 0) is 6.42 Å². The molecule has 0 heterocycles. The fourth-order valence-electron chi connectivity index (χ4n) is 6.54. The summed E-state index contributed by atoms with van der Waals surface area (Å²) < 4.78 is 0. The minimum absolute atomic E-state index is 0.0351. The summed E-state index contributed by atoms with van der Waals surface area (Å²) in [5, 5.41) is 20.5. The van der Waals surface area contributed by atoms with Crippen molar-refractivity contribution in [2.45, 2.75) is 58.0 Å². The second-order valence-corrected chi connectivity index (χ2v) is 8.44. The summed E-state index contributed by atoms with van der Waals surface area (Å²) in [4.78, 5) is 0. The van der Waals surface area contributed by atoms with E-state index in [1.54, 1.807) is 0 Å². The highest BCUT2D eigenvalue weighted by molar-refractivity contribution is 5.43. The Hall–Kier alpha value is -1.28. The Labute approximate surface area is 139 Å². The summed E-state index contributed by atoms with van der Waals surface area (Å²) in [5.41, 5.74) is 2.83. The van der Waals surface area contributed by atoms with Gasteiger partial charge in [0.1, 0.15) is 5.75 Å². The SMILES string of the molecule is C=C[C@@]12[C@H](C)Cc3cc(O)ccc3[C@H]1CC[C@@]1(C)[C@H]2CC[C@@H]1O. The Balaban J connectivity index is 1.88. The van der Waals surface area contributed by atoms with Crippen molar-refractivity contribution in [1.29, 1.82) is 0 Å². The van der Waals surface area contributed by atoms with Crippen molar-refractivity contribution >= 4 is 0 Å². The third-order valence-electron chi connectivity index (χ3n) is 7.70. The summed E-state index contributed by atoms with van der Waals surface area (Å²) >= 11 is 0. The van der Waals surface area contributed by atoms with Gasteiger partial charge < -0.3 is 10.2 Å². The molecule has 0 aromatic heterocycles. The summed E-state index contributed by atoms with van der Waals surface area (Å²) in [6, 6.07) is 5.92. The van der Waals surface area contributed by atoms with E-state index in [-0.39, 0.29) is 16.9 Å². The molecule has 0 radical (unpaired) electrons. The van der Waals surface area contributed by atoms with Crippen molar-refractivity contribution in [3.8, 4) is 5.75 Å². The van der Waals surface area contributed by atoms with Gasteiger partial charge in [0.05, 0.1) is 6.10 Å². The van der Waals surface area contributed by atoms with Crippen LogP contribution in [0.3, 0.4) is 0 Å². The molecule has 1 aromatic carbocycles. The number of phenols is 1. The molecule has 2 saturated carbocycles. The van der Waals surface area contributed by atoms with Crippen LogP contribution in [0.5, 0.6) is 5.75 Å². The number of benzene rings is 1. The van der Waals surface area contributed by atoms with Gasteiger partial charge >= 0.3 is 0 Å². The molecule has 0 spiro atoms. The van der Waals surface area contributed by atoms with E-state index in [9.17, 15) is 10.2 Å². The smallest absolute Gasteiger partial charge is 0.115 e. The van der Waals surface area contributed by atoms with Gasteiger partial charge in [0, 0.05) is 5.41 Å². The molecule has 0 saturated heterocycles. The van der Waals surface area contributed by atoms with Gasteiger partial charge in [-0.1, -0.05) is 26.0 Å². The molecule has 0 unspecified atom stereocenters. The quantitative estimate of drug-likeness (QED) is 0.754. The number of rotatable bonds is 1. The topological polar surface area (TPSA) is 40.5 Å². The maximum atomic E-state index is 10.6. The number of aliphatic hydroxyl groups is 1. The standard InChI is InChI=1S/C21H28O2/c1-4-21-13(2)11-14-12-15(22)5-6-16(14)17(21)9-10-20(3)18(21)7-8-19(20)23/h4-6,12-13,17-19,22-23H,1,7-11H2,2-3H3/t13-,17-,18-,19+,20+,21-/m1/s1.